The Morgan fingerprint density at radius 3 is 2.83 bits per heavy atom. The lowest BCUT2D eigenvalue weighted by atomic mass is 10.3. The van der Waals surface area contributed by atoms with Crippen LogP contribution in [0.1, 0.15) is 4.88 Å². The van der Waals surface area contributed by atoms with Crippen molar-refractivity contribution < 1.29 is 19.4 Å². The first kappa shape index (κ1) is 14.5. The second-order valence-electron chi connectivity index (χ2n) is 3.73. The van der Waals surface area contributed by atoms with Gasteiger partial charge in [-0.1, -0.05) is 6.07 Å². The van der Waals surface area contributed by atoms with Gasteiger partial charge in [0.1, 0.15) is 0 Å². The minimum atomic E-state index is -1.12. The van der Waals surface area contributed by atoms with E-state index in [0.717, 1.165) is 4.88 Å². The highest BCUT2D eigenvalue weighted by atomic mass is 32.1. The standard InChI is InChI=1S/C11H16N2O4S/c1-13(6-8-4-3-5-18-8)11(16)12-9(7-17-2)10(14)15/h3-5,9H,6-7H2,1-2H3,(H,12,16)(H,14,15). The van der Waals surface area contributed by atoms with Crippen LogP contribution in [-0.4, -0.2) is 48.8 Å². The number of aliphatic carboxylic acids is 1. The van der Waals surface area contributed by atoms with Crippen molar-refractivity contribution in [2.75, 3.05) is 20.8 Å². The van der Waals surface area contributed by atoms with Crippen molar-refractivity contribution in [2.45, 2.75) is 12.6 Å². The van der Waals surface area contributed by atoms with Crippen molar-refractivity contribution in [1.29, 1.82) is 0 Å². The first-order valence-electron chi connectivity index (χ1n) is 5.30. The molecule has 0 aliphatic rings. The highest BCUT2D eigenvalue weighted by Crippen LogP contribution is 2.10. The Balaban J connectivity index is 2.50. The third kappa shape index (κ3) is 4.34. The highest BCUT2D eigenvalue weighted by molar-refractivity contribution is 7.09. The summed E-state index contributed by atoms with van der Waals surface area (Å²) >= 11 is 1.54. The SMILES string of the molecule is COCC(NC(=O)N(C)Cc1cccs1)C(=O)O. The van der Waals surface area contributed by atoms with Gasteiger partial charge in [0.05, 0.1) is 13.2 Å². The molecule has 6 nitrogen and oxygen atoms in total. The number of nitrogens with one attached hydrogen (secondary N) is 1. The van der Waals surface area contributed by atoms with Crippen LogP contribution in [0.15, 0.2) is 17.5 Å². The van der Waals surface area contributed by atoms with Crippen LogP contribution in [0.2, 0.25) is 0 Å². The van der Waals surface area contributed by atoms with Crippen LogP contribution in [0.3, 0.4) is 0 Å². The molecular formula is C11H16N2O4S. The fraction of sp³-hybridized carbons (Fsp3) is 0.455. The van der Waals surface area contributed by atoms with Gasteiger partial charge in [-0.05, 0) is 11.4 Å². The molecule has 2 amide bonds. The van der Waals surface area contributed by atoms with Crippen LogP contribution in [0.25, 0.3) is 0 Å². The van der Waals surface area contributed by atoms with Gasteiger partial charge in [0.25, 0.3) is 0 Å². The van der Waals surface area contributed by atoms with Crippen molar-refractivity contribution in [3.8, 4) is 0 Å². The lowest BCUT2D eigenvalue weighted by Gasteiger charge is -2.20. The predicted molar refractivity (Wildman–Crippen MR) is 67.6 cm³/mol. The smallest absolute Gasteiger partial charge is 0.328 e. The van der Waals surface area contributed by atoms with Gasteiger partial charge >= 0.3 is 12.0 Å². The number of carboxylic acids is 1. The molecule has 0 aliphatic heterocycles. The number of carboxylic acid groups (broad SMARTS) is 1. The second kappa shape index (κ2) is 6.97. The van der Waals surface area contributed by atoms with E-state index in [2.05, 4.69) is 5.32 Å². The summed E-state index contributed by atoms with van der Waals surface area (Å²) in [6.07, 6.45) is 0. The molecule has 0 spiro atoms. The number of hydrogen-bond donors (Lipinski definition) is 2. The van der Waals surface area contributed by atoms with Gasteiger partial charge in [-0.25, -0.2) is 9.59 Å². The van der Waals surface area contributed by atoms with E-state index in [-0.39, 0.29) is 6.61 Å². The van der Waals surface area contributed by atoms with E-state index in [1.165, 1.54) is 12.0 Å². The Hall–Kier alpha value is -1.60. The van der Waals surface area contributed by atoms with Crippen molar-refractivity contribution in [1.82, 2.24) is 10.2 Å². The molecule has 2 N–H and O–H groups in total. The highest BCUT2D eigenvalue weighted by Gasteiger charge is 2.21. The van der Waals surface area contributed by atoms with Crippen LogP contribution in [0.4, 0.5) is 4.79 Å². The normalized spacial score (nSPS) is 11.9. The minimum absolute atomic E-state index is 0.0616. The Labute approximate surface area is 109 Å². The third-order valence-corrected chi connectivity index (χ3v) is 3.11. The summed E-state index contributed by atoms with van der Waals surface area (Å²) in [5.41, 5.74) is 0. The zero-order valence-electron chi connectivity index (χ0n) is 10.3. The lowest BCUT2D eigenvalue weighted by Crippen LogP contribution is -2.48. The largest absolute Gasteiger partial charge is 0.480 e. The number of amides is 2. The van der Waals surface area contributed by atoms with Gasteiger partial charge in [0.15, 0.2) is 6.04 Å². The molecule has 100 valence electrons. The maximum absolute atomic E-state index is 11.8. The average molecular weight is 272 g/mol. The zero-order valence-corrected chi connectivity index (χ0v) is 11.1. The number of hydrogen-bond acceptors (Lipinski definition) is 4. The summed E-state index contributed by atoms with van der Waals surface area (Å²) < 4.78 is 4.74. The molecule has 0 aromatic carbocycles. The second-order valence-corrected chi connectivity index (χ2v) is 4.76. The number of carbonyl (C=O) groups excluding carboxylic acids is 1. The number of rotatable bonds is 6. The summed E-state index contributed by atoms with van der Waals surface area (Å²) in [4.78, 5) is 25.1. The maximum atomic E-state index is 11.8. The van der Waals surface area contributed by atoms with E-state index in [4.69, 9.17) is 9.84 Å². The van der Waals surface area contributed by atoms with Crippen molar-refractivity contribution >= 4 is 23.3 Å². The maximum Gasteiger partial charge on any atom is 0.328 e. The summed E-state index contributed by atoms with van der Waals surface area (Å²) in [6, 6.07) is 2.34. The summed E-state index contributed by atoms with van der Waals surface area (Å²) in [5, 5.41) is 13.2. The Kier molecular flexibility index (Phi) is 5.60. The summed E-state index contributed by atoms with van der Waals surface area (Å²) in [7, 11) is 3.00. The molecule has 1 atom stereocenters. The molecule has 7 heteroatoms. The van der Waals surface area contributed by atoms with Crippen LogP contribution in [0.5, 0.6) is 0 Å². The van der Waals surface area contributed by atoms with Crippen molar-refractivity contribution in [2.24, 2.45) is 0 Å². The first-order chi connectivity index (χ1) is 8.54. The van der Waals surface area contributed by atoms with Gasteiger partial charge in [-0.15, -0.1) is 11.3 Å². The van der Waals surface area contributed by atoms with Crippen molar-refractivity contribution in [3.05, 3.63) is 22.4 Å². The van der Waals surface area contributed by atoms with Gasteiger partial charge in [0.2, 0.25) is 0 Å². The van der Waals surface area contributed by atoms with Crippen LogP contribution < -0.4 is 5.32 Å². The van der Waals surface area contributed by atoms with E-state index in [1.807, 2.05) is 17.5 Å². The number of methoxy groups -OCH3 is 1. The van der Waals surface area contributed by atoms with Gasteiger partial charge < -0.3 is 20.1 Å². The molecule has 18 heavy (non-hydrogen) atoms. The molecule has 1 heterocycles. The number of nitrogens with zero attached hydrogens (tertiary/aromatic N) is 1. The zero-order chi connectivity index (χ0) is 13.5. The Morgan fingerprint density at radius 1 is 1.61 bits per heavy atom. The van der Waals surface area contributed by atoms with Crippen molar-refractivity contribution in [3.63, 3.8) is 0 Å². The number of thiophene rings is 1. The monoisotopic (exact) mass is 272 g/mol. The van der Waals surface area contributed by atoms with E-state index < -0.39 is 18.0 Å². The topological polar surface area (TPSA) is 78.9 Å². The molecular weight excluding hydrogens is 256 g/mol. The molecule has 0 fully saturated rings. The van der Waals surface area contributed by atoms with E-state index >= 15 is 0 Å². The minimum Gasteiger partial charge on any atom is -0.480 e. The Bertz CT molecular complexity index is 394. The van der Waals surface area contributed by atoms with E-state index in [1.54, 1.807) is 18.4 Å². The quantitative estimate of drug-likeness (QED) is 0.809. The number of urea groups is 1. The molecule has 1 rings (SSSR count). The number of carbonyl (C=O) groups is 2. The first-order valence-corrected chi connectivity index (χ1v) is 6.18. The predicted octanol–water partition coefficient (Wildman–Crippen LogP) is 0.989. The van der Waals surface area contributed by atoms with Crippen LogP contribution >= 0.6 is 11.3 Å². The van der Waals surface area contributed by atoms with E-state index in [0.29, 0.717) is 6.54 Å². The van der Waals surface area contributed by atoms with Crippen LogP contribution in [0, 0.1) is 0 Å². The number of ether oxygens (including phenoxy) is 1. The van der Waals surface area contributed by atoms with Gasteiger partial charge in [-0.3, -0.25) is 0 Å². The molecule has 0 bridgehead atoms. The van der Waals surface area contributed by atoms with E-state index in [9.17, 15) is 9.59 Å². The van der Waals surface area contributed by atoms with Crippen LogP contribution in [-0.2, 0) is 16.1 Å². The molecule has 1 aromatic rings. The molecule has 0 saturated heterocycles. The third-order valence-electron chi connectivity index (χ3n) is 2.25. The van der Waals surface area contributed by atoms with Gasteiger partial charge in [0, 0.05) is 19.0 Å². The summed E-state index contributed by atoms with van der Waals surface area (Å²) in [5.74, 6) is -1.12. The lowest BCUT2D eigenvalue weighted by molar-refractivity contribution is -0.140. The fourth-order valence-electron chi connectivity index (χ4n) is 1.31. The Morgan fingerprint density at radius 2 is 2.33 bits per heavy atom. The fourth-order valence-corrected chi connectivity index (χ4v) is 2.07. The van der Waals surface area contributed by atoms with Gasteiger partial charge in [-0.2, -0.15) is 0 Å². The molecule has 0 saturated carbocycles. The molecule has 0 radical (unpaired) electrons. The molecule has 0 aliphatic carbocycles. The summed E-state index contributed by atoms with van der Waals surface area (Å²) in [6.45, 7) is 0.386. The molecule has 1 unspecified atom stereocenters. The molecule has 1 aromatic heterocycles. The average Bonchev–Trinajstić information content (AvgIpc) is 2.80.